The Balaban J connectivity index is 2.30. The van der Waals surface area contributed by atoms with E-state index in [1.165, 1.54) is 51.4 Å². The van der Waals surface area contributed by atoms with Crippen LogP contribution in [0.15, 0.2) is 0 Å². The normalized spacial score (nSPS) is 17.9. The fourth-order valence-corrected chi connectivity index (χ4v) is 2.56. The summed E-state index contributed by atoms with van der Waals surface area (Å²) in [5, 5.41) is 4.30. The second-order valence-corrected chi connectivity index (χ2v) is 5.23. The van der Waals surface area contributed by atoms with E-state index in [-0.39, 0.29) is 0 Å². The summed E-state index contributed by atoms with van der Waals surface area (Å²) in [5.74, 6) is 0. The Bertz CT molecular complexity index is 198. The van der Waals surface area contributed by atoms with Gasteiger partial charge in [0.2, 0.25) is 0 Å². The van der Waals surface area contributed by atoms with Crippen molar-refractivity contribution in [3.05, 3.63) is 0 Å². The van der Waals surface area contributed by atoms with E-state index in [2.05, 4.69) is 24.2 Å². The van der Waals surface area contributed by atoms with Crippen LogP contribution in [0.2, 0.25) is 0 Å². The van der Waals surface area contributed by atoms with Crippen LogP contribution in [0.25, 0.3) is 0 Å². The summed E-state index contributed by atoms with van der Waals surface area (Å²) in [6, 6.07) is 0.670. The molecule has 16 heavy (non-hydrogen) atoms. The average molecular weight is 242 g/mol. The number of rotatable bonds is 4. The maximum absolute atomic E-state index is 5.43. The van der Waals surface area contributed by atoms with Crippen LogP contribution in [-0.4, -0.2) is 29.6 Å². The van der Waals surface area contributed by atoms with E-state index in [4.69, 9.17) is 12.2 Å². The SMILES string of the molecule is CCCCNC(=S)N(C)C1CCCCCC1. The molecule has 0 radical (unpaired) electrons. The van der Waals surface area contributed by atoms with Crippen molar-refractivity contribution in [3.63, 3.8) is 0 Å². The summed E-state index contributed by atoms with van der Waals surface area (Å²) >= 11 is 5.43. The van der Waals surface area contributed by atoms with Gasteiger partial charge in [-0.25, -0.2) is 0 Å². The highest BCUT2D eigenvalue weighted by molar-refractivity contribution is 7.80. The number of hydrogen-bond donors (Lipinski definition) is 1. The summed E-state index contributed by atoms with van der Waals surface area (Å²) in [6.07, 6.45) is 10.6. The number of nitrogens with zero attached hydrogens (tertiary/aromatic N) is 1. The molecule has 0 unspecified atom stereocenters. The van der Waals surface area contributed by atoms with E-state index in [9.17, 15) is 0 Å². The molecule has 0 aromatic heterocycles. The Morgan fingerprint density at radius 2 is 1.88 bits per heavy atom. The van der Waals surface area contributed by atoms with Crippen molar-refractivity contribution in [1.29, 1.82) is 0 Å². The Kier molecular flexibility index (Phi) is 6.78. The highest BCUT2D eigenvalue weighted by Gasteiger charge is 2.18. The van der Waals surface area contributed by atoms with Crippen LogP contribution in [0.3, 0.4) is 0 Å². The lowest BCUT2D eigenvalue weighted by molar-refractivity contribution is 0.326. The van der Waals surface area contributed by atoms with Crippen LogP contribution in [-0.2, 0) is 0 Å². The highest BCUT2D eigenvalue weighted by atomic mass is 32.1. The third-order valence-corrected chi connectivity index (χ3v) is 3.93. The van der Waals surface area contributed by atoms with Crippen molar-refractivity contribution >= 4 is 17.3 Å². The van der Waals surface area contributed by atoms with Crippen molar-refractivity contribution < 1.29 is 0 Å². The average Bonchev–Trinajstić information content (AvgIpc) is 2.56. The first-order valence-corrected chi connectivity index (χ1v) is 7.17. The molecule has 1 aliphatic carbocycles. The summed E-state index contributed by atoms with van der Waals surface area (Å²) in [6.45, 7) is 3.23. The zero-order chi connectivity index (χ0) is 11.8. The second-order valence-electron chi connectivity index (χ2n) is 4.84. The van der Waals surface area contributed by atoms with Crippen molar-refractivity contribution in [2.24, 2.45) is 0 Å². The molecule has 1 aliphatic rings. The van der Waals surface area contributed by atoms with E-state index in [0.717, 1.165) is 11.7 Å². The van der Waals surface area contributed by atoms with Crippen LogP contribution in [0.1, 0.15) is 58.3 Å². The quantitative estimate of drug-likeness (QED) is 0.462. The van der Waals surface area contributed by atoms with E-state index in [0.29, 0.717) is 6.04 Å². The maximum Gasteiger partial charge on any atom is 0.168 e. The minimum atomic E-state index is 0.670. The Labute approximate surface area is 106 Å². The van der Waals surface area contributed by atoms with Crippen LogP contribution < -0.4 is 5.32 Å². The topological polar surface area (TPSA) is 15.3 Å². The molecule has 1 saturated carbocycles. The minimum Gasteiger partial charge on any atom is -0.363 e. The van der Waals surface area contributed by atoms with Crippen molar-refractivity contribution in [3.8, 4) is 0 Å². The van der Waals surface area contributed by atoms with E-state index >= 15 is 0 Å². The second kappa shape index (κ2) is 7.88. The molecule has 1 rings (SSSR count). The monoisotopic (exact) mass is 242 g/mol. The summed E-state index contributed by atoms with van der Waals surface area (Å²) in [5.41, 5.74) is 0. The molecule has 1 fully saturated rings. The molecule has 0 bridgehead atoms. The number of hydrogen-bond acceptors (Lipinski definition) is 1. The first kappa shape index (κ1) is 13.8. The standard InChI is InChI=1S/C13H26N2S/c1-3-4-11-14-13(16)15(2)12-9-7-5-6-8-10-12/h12H,3-11H2,1-2H3,(H,14,16). The van der Waals surface area contributed by atoms with E-state index in [1.54, 1.807) is 0 Å². The zero-order valence-electron chi connectivity index (χ0n) is 10.8. The van der Waals surface area contributed by atoms with Gasteiger partial charge < -0.3 is 10.2 Å². The molecule has 0 heterocycles. The molecule has 0 atom stereocenters. The lowest BCUT2D eigenvalue weighted by Gasteiger charge is -2.29. The highest BCUT2D eigenvalue weighted by Crippen LogP contribution is 2.20. The molecule has 0 aliphatic heterocycles. The lowest BCUT2D eigenvalue weighted by Crippen LogP contribution is -2.43. The first-order chi connectivity index (χ1) is 7.75. The molecule has 0 spiro atoms. The van der Waals surface area contributed by atoms with Crippen molar-refractivity contribution in [2.75, 3.05) is 13.6 Å². The van der Waals surface area contributed by atoms with Gasteiger partial charge in [-0.15, -0.1) is 0 Å². The van der Waals surface area contributed by atoms with Gasteiger partial charge in [-0.2, -0.15) is 0 Å². The number of nitrogens with one attached hydrogen (secondary N) is 1. The number of thiocarbonyl (C=S) groups is 1. The molecule has 0 amide bonds. The van der Waals surface area contributed by atoms with Gasteiger partial charge in [-0.3, -0.25) is 0 Å². The molecule has 0 aromatic carbocycles. The predicted octanol–water partition coefficient (Wildman–Crippen LogP) is 3.32. The third kappa shape index (κ3) is 4.69. The Morgan fingerprint density at radius 1 is 1.25 bits per heavy atom. The van der Waals surface area contributed by atoms with Crippen molar-refractivity contribution in [2.45, 2.75) is 64.3 Å². The van der Waals surface area contributed by atoms with Gasteiger partial charge in [0.15, 0.2) is 5.11 Å². The van der Waals surface area contributed by atoms with Gasteiger partial charge >= 0.3 is 0 Å². The molecule has 1 N–H and O–H groups in total. The van der Waals surface area contributed by atoms with Gasteiger partial charge in [-0.1, -0.05) is 39.0 Å². The summed E-state index contributed by atoms with van der Waals surface area (Å²) in [4.78, 5) is 2.29. The van der Waals surface area contributed by atoms with Gasteiger partial charge in [0.05, 0.1) is 0 Å². The maximum atomic E-state index is 5.43. The molecular formula is C13H26N2S. The third-order valence-electron chi connectivity index (χ3n) is 3.50. The molecular weight excluding hydrogens is 216 g/mol. The van der Waals surface area contributed by atoms with Crippen LogP contribution >= 0.6 is 12.2 Å². The minimum absolute atomic E-state index is 0.670. The fraction of sp³-hybridized carbons (Fsp3) is 0.923. The first-order valence-electron chi connectivity index (χ1n) is 6.76. The molecule has 3 heteroatoms. The van der Waals surface area contributed by atoms with Gasteiger partial charge in [0.1, 0.15) is 0 Å². The van der Waals surface area contributed by atoms with Crippen LogP contribution in [0.4, 0.5) is 0 Å². The molecule has 2 nitrogen and oxygen atoms in total. The smallest absolute Gasteiger partial charge is 0.168 e. The number of unbranched alkanes of at least 4 members (excludes halogenated alkanes) is 1. The van der Waals surface area contributed by atoms with Gasteiger partial charge in [0.25, 0.3) is 0 Å². The van der Waals surface area contributed by atoms with Gasteiger partial charge in [-0.05, 0) is 31.5 Å². The lowest BCUT2D eigenvalue weighted by atomic mass is 10.1. The zero-order valence-corrected chi connectivity index (χ0v) is 11.6. The predicted molar refractivity (Wildman–Crippen MR) is 74.8 cm³/mol. The van der Waals surface area contributed by atoms with Crippen LogP contribution in [0, 0.1) is 0 Å². The fourth-order valence-electron chi connectivity index (χ4n) is 2.31. The van der Waals surface area contributed by atoms with Crippen LogP contribution in [0.5, 0.6) is 0 Å². The van der Waals surface area contributed by atoms with E-state index in [1.807, 2.05) is 0 Å². The largest absolute Gasteiger partial charge is 0.363 e. The Hall–Kier alpha value is -0.310. The summed E-state index contributed by atoms with van der Waals surface area (Å²) < 4.78 is 0. The van der Waals surface area contributed by atoms with E-state index < -0.39 is 0 Å². The Morgan fingerprint density at radius 3 is 2.44 bits per heavy atom. The molecule has 0 aromatic rings. The van der Waals surface area contributed by atoms with Gasteiger partial charge in [0, 0.05) is 19.6 Å². The van der Waals surface area contributed by atoms with Crippen molar-refractivity contribution in [1.82, 2.24) is 10.2 Å². The molecule has 94 valence electrons. The molecule has 0 saturated heterocycles. The summed E-state index contributed by atoms with van der Waals surface area (Å²) in [7, 11) is 2.15.